The first-order valence-electron chi connectivity index (χ1n) is 10.6. The largest absolute Gasteiger partial charge is 0.456 e. The Morgan fingerprint density at radius 1 is 1.21 bits per heavy atom. The van der Waals surface area contributed by atoms with Crippen LogP contribution in [0.15, 0.2) is 45.8 Å². The summed E-state index contributed by atoms with van der Waals surface area (Å²) >= 11 is 0. The highest BCUT2D eigenvalue weighted by atomic mass is 19.4. The summed E-state index contributed by atoms with van der Waals surface area (Å²) in [5.41, 5.74) is 0.605. The molecule has 0 fully saturated rings. The molecule has 0 aliphatic heterocycles. The van der Waals surface area contributed by atoms with Crippen LogP contribution in [-0.4, -0.2) is 35.2 Å². The number of amides is 1. The van der Waals surface area contributed by atoms with Gasteiger partial charge in [-0.1, -0.05) is 0 Å². The summed E-state index contributed by atoms with van der Waals surface area (Å²) < 4.78 is 62.9. The molecule has 1 aromatic carbocycles. The molecular weight excluding hydrogens is 456 g/mol. The number of amidine groups is 1. The van der Waals surface area contributed by atoms with E-state index in [4.69, 9.17) is 9.15 Å². The topological polar surface area (TPSA) is 92.5 Å². The maximum Gasteiger partial charge on any atom is 0.450 e. The fourth-order valence-corrected chi connectivity index (χ4v) is 3.16. The van der Waals surface area contributed by atoms with E-state index in [1.807, 2.05) is 6.92 Å². The minimum absolute atomic E-state index is 0.0380. The number of nitrogens with zero attached hydrogens (tertiary/aromatic N) is 2. The van der Waals surface area contributed by atoms with E-state index < -0.39 is 23.4 Å². The number of hydrogen-bond acceptors (Lipinski definition) is 5. The van der Waals surface area contributed by atoms with Crippen LogP contribution >= 0.6 is 0 Å². The van der Waals surface area contributed by atoms with Gasteiger partial charge in [-0.25, -0.2) is 9.38 Å². The summed E-state index contributed by atoms with van der Waals surface area (Å²) in [5, 5.41) is 9.31. The van der Waals surface area contributed by atoms with Crippen LogP contribution in [0.25, 0.3) is 11.3 Å². The lowest BCUT2D eigenvalue weighted by molar-refractivity contribution is -0.153. The molecule has 3 aromatic rings. The highest BCUT2D eigenvalue weighted by Crippen LogP contribution is 2.34. The number of rotatable bonds is 9. The number of aryl methyl sites for hydroxylation is 1. The minimum atomic E-state index is -4.82. The van der Waals surface area contributed by atoms with E-state index in [1.165, 1.54) is 19.1 Å². The lowest BCUT2D eigenvalue weighted by atomic mass is 10.1. The maximum absolute atomic E-state index is 13.3. The second-order valence-corrected chi connectivity index (χ2v) is 7.41. The van der Waals surface area contributed by atoms with E-state index in [-0.39, 0.29) is 29.7 Å². The highest BCUT2D eigenvalue weighted by Gasteiger charge is 2.40. The first-order chi connectivity index (χ1) is 16.2. The monoisotopic (exact) mass is 480 g/mol. The SMILES string of the molecule is CCOCCCCC(=Nc1cc(-c2ccc(F)cc2)[nH]n1)NC(=O)c1cc(C)oc1C(F)(F)F. The average Bonchev–Trinajstić information content (AvgIpc) is 3.40. The van der Waals surface area contributed by atoms with Crippen molar-refractivity contribution < 1.29 is 31.5 Å². The molecule has 2 aromatic heterocycles. The summed E-state index contributed by atoms with van der Waals surface area (Å²) in [5.74, 6) is -2.42. The molecule has 2 heterocycles. The van der Waals surface area contributed by atoms with Gasteiger partial charge in [0.25, 0.3) is 5.91 Å². The van der Waals surface area contributed by atoms with Crippen LogP contribution in [0.5, 0.6) is 0 Å². The molecule has 34 heavy (non-hydrogen) atoms. The Kier molecular flexibility index (Phi) is 8.21. The average molecular weight is 480 g/mol. The number of carbonyl (C=O) groups is 1. The second kappa shape index (κ2) is 11.1. The van der Waals surface area contributed by atoms with E-state index in [1.54, 1.807) is 18.2 Å². The Hall–Kier alpha value is -3.47. The molecule has 0 unspecified atom stereocenters. The zero-order valence-electron chi connectivity index (χ0n) is 18.6. The van der Waals surface area contributed by atoms with Crippen molar-refractivity contribution >= 4 is 17.6 Å². The Balaban J connectivity index is 1.82. The number of nitrogens with one attached hydrogen (secondary N) is 2. The minimum Gasteiger partial charge on any atom is -0.456 e. The summed E-state index contributed by atoms with van der Waals surface area (Å²) in [4.78, 5) is 17.0. The van der Waals surface area contributed by atoms with Crippen molar-refractivity contribution in [2.24, 2.45) is 4.99 Å². The fourth-order valence-electron chi connectivity index (χ4n) is 3.16. The zero-order valence-corrected chi connectivity index (χ0v) is 18.6. The van der Waals surface area contributed by atoms with E-state index in [2.05, 4.69) is 20.5 Å². The van der Waals surface area contributed by atoms with Gasteiger partial charge in [-0.2, -0.15) is 18.3 Å². The summed E-state index contributed by atoms with van der Waals surface area (Å²) in [6, 6.07) is 8.34. The zero-order chi connectivity index (χ0) is 24.7. The standard InChI is InChI=1S/C23H24F4N4O3/c1-3-33-11-5-4-6-19(29-22(32)17-12-14(2)34-21(17)23(25,26)27)28-20-13-18(30-31-20)15-7-9-16(24)10-8-15/h7-10,12-13H,3-6,11H2,1-2H3,(H2,28,29,30,31,32). The predicted octanol–water partition coefficient (Wildman–Crippen LogP) is 5.80. The number of aromatic nitrogens is 2. The number of hydrogen-bond donors (Lipinski definition) is 2. The highest BCUT2D eigenvalue weighted by molar-refractivity contribution is 6.07. The molecule has 0 saturated carbocycles. The van der Waals surface area contributed by atoms with Crippen LogP contribution < -0.4 is 5.32 Å². The number of alkyl halides is 3. The molecule has 7 nitrogen and oxygen atoms in total. The van der Waals surface area contributed by atoms with Crippen molar-refractivity contribution in [2.75, 3.05) is 13.2 Å². The molecule has 0 aliphatic rings. The number of unbranched alkanes of at least 4 members (excludes halogenated alkanes) is 1. The Bertz CT molecular complexity index is 1130. The van der Waals surface area contributed by atoms with Crippen molar-refractivity contribution in [3.63, 3.8) is 0 Å². The lowest BCUT2D eigenvalue weighted by Gasteiger charge is -2.10. The molecule has 0 saturated heterocycles. The van der Waals surface area contributed by atoms with Crippen molar-refractivity contribution in [1.29, 1.82) is 0 Å². The Morgan fingerprint density at radius 3 is 2.62 bits per heavy atom. The number of aliphatic imine (C=N–C) groups is 1. The molecule has 182 valence electrons. The number of ether oxygens (including phenoxy) is 1. The van der Waals surface area contributed by atoms with Gasteiger partial charge in [0.05, 0.1) is 11.3 Å². The third kappa shape index (κ3) is 6.77. The second-order valence-electron chi connectivity index (χ2n) is 7.41. The third-order valence-electron chi connectivity index (χ3n) is 4.74. The fraction of sp³-hybridized carbons (Fsp3) is 0.348. The third-order valence-corrected chi connectivity index (χ3v) is 4.74. The van der Waals surface area contributed by atoms with Gasteiger partial charge < -0.3 is 14.5 Å². The van der Waals surface area contributed by atoms with Crippen LogP contribution in [0.1, 0.15) is 48.1 Å². The Labute approximate surface area is 193 Å². The summed E-state index contributed by atoms with van der Waals surface area (Å²) in [6.07, 6.45) is -3.30. The molecule has 11 heteroatoms. The number of aromatic amines is 1. The molecule has 3 rings (SSSR count). The molecule has 0 atom stereocenters. The number of carbonyl (C=O) groups excluding carboxylic acids is 1. The number of H-pyrrole nitrogens is 1. The van der Waals surface area contributed by atoms with E-state index >= 15 is 0 Å². The number of halogens is 4. The maximum atomic E-state index is 13.3. The van der Waals surface area contributed by atoms with Crippen molar-refractivity contribution in [2.45, 2.75) is 39.3 Å². The first kappa shape index (κ1) is 25.2. The van der Waals surface area contributed by atoms with Crippen LogP contribution in [0.3, 0.4) is 0 Å². The summed E-state index contributed by atoms with van der Waals surface area (Å²) in [6.45, 7) is 4.27. The molecule has 1 amide bonds. The quantitative estimate of drug-likeness (QED) is 0.175. The van der Waals surface area contributed by atoms with Gasteiger partial charge in [0.15, 0.2) is 5.82 Å². The Morgan fingerprint density at radius 2 is 1.94 bits per heavy atom. The van der Waals surface area contributed by atoms with Crippen LogP contribution in [0.2, 0.25) is 0 Å². The molecule has 0 spiro atoms. The van der Waals surface area contributed by atoms with Gasteiger partial charge in [-0.05, 0) is 62.6 Å². The normalized spacial score (nSPS) is 12.2. The predicted molar refractivity (Wildman–Crippen MR) is 117 cm³/mol. The summed E-state index contributed by atoms with van der Waals surface area (Å²) in [7, 11) is 0. The molecule has 0 bridgehead atoms. The first-order valence-corrected chi connectivity index (χ1v) is 10.6. The molecular formula is C23H24F4N4O3. The van der Waals surface area contributed by atoms with Gasteiger partial charge in [-0.3, -0.25) is 9.89 Å². The lowest BCUT2D eigenvalue weighted by Crippen LogP contribution is -2.31. The van der Waals surface area contributed by atoms with Crippen molar-refractivity contribution in [3.05, 3.63) is 59.3 Å². The van der Waals surface area contributed by atoms with Crippen LogP contribution in [-0.2, 0) is 10.9 Å². The van der Waals surface area contributed by atoms with Crippen molar-refractivity contribution in [1.82, 2.24) is 15.5 Å². The van der Waals surface area contributed by atoms with Gasteiger partial charge in [0.2, 0.25) is 5.76 Å². The van der Waals surface area contributed by atoms with Gasteiger partial charge in [-0.15, -0.1) is 0 Å². The van der Waals surface area contributed by atoms with E-state index in [0.29, 0.717) is 37.3 Å². The van der Waals surface area contributed by atoms with Crippen LogP contribution in [0.4, 0.5) is 23.4 Å². The smallest absolute Gasteiger partial charge is 0.450 e. The molecule has 0 aliphatic carbocycles. The molecule has 0 radical (unpaired) electrons. The van der Waals surface area contributed by atoms with Gasteiger partial charge >= 0.3 is 6.18 Å². The number of furan rings is 1. The van der Waals surface area contributed by atoms with Gasteiger partial charge in [0.1, 0.15) is 17.4 Å². The molecule has 2 N–H and O–H groups in total. The van der Waals surface area contributed by atoms with Gasteiger partial charge in [0, 0.05) is 25.7 Å². The number of benzene rings is 1. The van der Waals surface area contributed by atoms with Crippen LogP contribution in [0, 0.1) is 12.7 Å². The van der Waals surface area contributed by atoms with E-state index in [9.17, 15) is 22.4 Å². The van der Waals surface area contributed by atoms with E-state index in [0.717, 1.165) is 6.07 Å². The van der Waals surface area contributed by atoms with Crippen molar-refractivity contribution in [3.8, 4) is 11.3 Å².